The summed E-state index contributed by atoms with van der Waals surface area (Å²) in [5.41, 5.74) is 1.14. The average Bonchev–Trinajstić information content (AvgIpc) is 2.62. The summed E-state index contributed by atoms with van der Waals surface area (Å²) >= 11 is 6.09. The molecule has 0 spiro atoms. The average molecular weight is 438 g/mol. The topological polar surface area (TPSA) is 95.6 Å². The predicted octanol–water partition coefficient (Wildman–Crippen LogP) is 3.83. The first-order valence-electron chi connectivity index (χ1n) is 8.94. The first kappa shape index (κ1) is 22.9. The van der Waals surface area contributed by atoms with Crippen molar-refractivity contribution in [2.75, 3.05) is 24.7 Å². The molecule has 156 valence electrons. The summed E-state index contributed by atoms with van der Waals surface area (Å²) in [5, 5.41) is 5.60. The lowest BCUT2D eigenvalue weighted by Gasteiger charge is -2.13. The van der Waals surface area contributed by atoms with Crippen LogP contribution < -0.4 is 10.6 Å². The summed E-state index contributed by atoms with van der Waals surface area (Å²) in [6.07, 6.45) is 0.420. The Hall–Kier alpha value is -2.42. The number of carbonyl (C=O) groups is 2. The van der Waals surface area contributed by atoms with E-state index < -0.39 is 15.9 Å². The quantitative estimate of drug-likeness (QED) is 0.688. The minimum absolute atomic E-state index is 0.0275. The minimum Gasteiger partial charge on any atom is -0.326 e. The van der Waals surface area contributed by atoms with E-state index in [4.69, 9.17) is 11.6 Å². The molecule has 0 heterocycles. The fourth-order valence-electron chi connectivity index (χ4n) is 2.47. The zero-order valence-corrected chi connectivity index (χ0v) is 18.3. The highest BCUT2D eigenvalue weighted by atomic mass is 35.5. The lowest BCUT2D eigenvalue weighted by atomic mass is 10.1. The van der Waals surface area contributed by atoms with Crippen molar-refractivity contribution < 1.29 is 18.0 Å². The van der Waals surface area contributed by atoms with Crippen LogP contribution in [0.5, 0.6) is 0 Å². The van der Waals surface area contributed by atoms with Gasteiger partial charge in [-0.2, -0.15) is 0 Å². The molecule has 0 saturated heterocycles. The van der Waals surface area contributed by atoms with Crippen molar-refractivity contribution in [3.05, 3.63) is 53.1 Å². The minimum atomic E-state index is -3.69. The van der Waals surface area contributed by atoms with Crippen LogP contribution in [-0.4, -0.2) is 38.6 Å². The van der Waals surface area contributed by atoms with Crippen molar-refractivity contribution in [1.29, 1.82) is 0 Å². The summed E-state index contributed by atoms with van der Waals surface area (Å²) in [6, 6.07) is 10.6. The number of hydrogen-bond donors (Lipinski definition) is 2. The van der Waals surface area contributed by atoms with Crippen molar-refractivity contribution in [3.8, 4) is 0 Å². The van der Waals surface area contributed by atoms with Gasteiger partial charge in [-0.1, -0.05) is 25.4 Å². The van der Waals surface area contributed by atoms with E-state index in [1.54, 1.807) is 24.3 Å². The molecule has 0 aliphatic heterocycles. The van der Waals surface area contributed by atoms with Crippen LogP contribution in [0.1, 0.15) is 30.6 Å². The first-order chi connectivity index (χ1) is 13.5. The normalized spacial score (nSPS) is 11.6. The van der Waals surface area contributed by atoms with Gasteiger partial charge in [-0.25, -0.2) is 12.7 Å². The van der Waals surface area contributed by atoms with Crippen LogP contribution in [0.2, 0.25) is 5.02 Å². The van der Waals surface area contributed by atoms with Crippen molar-refractivity contribution in [3.63, 3.8) is 0 Å². The van der Waals surface area contributed by atoms with E-state index in [9.17, 15) is 18.0 Å². The Morgan fingerprint density at radius 1 is 1.00 bits per heavy atom. The zero-order chi connectivity index (χ0) is 21.8. The summed E-state index contributed by atoms with van der Waals surface area (Å²) in [7, 11) is -0.878. The van der Waals surface area contributed by atoms with Gasteiger partial charge < -0.3 is 10.6 Å². The molecule has 0 atom stereocenters. The van der Waals surface area contributed by atoms with Crippen LogP contribution in [0.25, 0.3) is 0 Å². The monoisotopic (exact) mass is 437 g/mol. The number of anilines is 2. The van der Waals surface area contributed by atoms with E-state index in [1.165, 1.54) is 32.3 Å². The predicted molar refractivity (Wildman–Crippen MR) is 115 cm³/mol. The van der Waals surface area contributed by atoms with E-state index in [2.05, 4.69) is 10.6 Å². The van der Waals surface area contributed by atoms with E-state index >= 15 is 0 Å². The van der Waals surface area contributed by atoms with Gasteiger partial charge in [0.15, 0.2) is 0 Å². The Morgan fingerprint density at radius 3 is 2.07 bits per heavy atom. The summed E-state index contributed by atoms with van der Waals surface area (Å²) in [5.74, 6) is -0.365. The molecule has 0 radical (unpaired) electrons. The number of carbonyl (C=O) groups excluding carboxylic acids is 2. The lowest BCUT2D eigenvalue weighted by molar-refractivity contribution is -0.116. The molecule has 0 aromatic heterocycles. The van der Waals surface area contributed by atoms with Crippen LogP contribution in [0.3, 0.4) is 0 Å². The Balaban J connectivity index is 2.15. The number of nitrogens with zero attached hydrogens (tertiary/aromatic N) is 1. The fraction of sp³-hybridized carbons (Fsp3) is 0.300. The van der Waals surface area contributed by atoms with Gasteiger partial charge in [0.05, 0.1) is 15.5 Å². The summed E-state index contributed by atoms with van der Waals surface area (Å²) in [6.45, 7) is 3.92. The second kappa shape index (κ2) is 9.39. The molecule has 2 aromatic rings. The number of amides is 2. The van der Waals surface area contributed by atoms with Crippen LogP contribution in [-0.2, 0) is 14.8 Å². The second-order valence-electron chi connectivity index (χ2n) is 7.11. The summed E-state index contributed by atoms with van der Waals surface area (Å²) < 4.78 is 25.6. The van der Waals surface area contributed by atoms with Crippen molar-refractivity contribution in [2.24, 2.45) is 5.92 Å². The standard InChI is InChI=1S/C20H24ClN3O4S/c1-13(2)11-19(25)22-14-5-7-15(8-6-14)23-20(26)17-12-16(9-10-18(17)21)29(27,28)24(3)4/h5-10,12-13H,11H2,1-4H3,(H,22,25)(H,23,26). The highest BCUT2D eigenvalue weighted by Gasteiger charge is 2.21. The molecule has 0 aliphatic rings. The van der Waals surface area contributed by atoms with E-state index in [0.717, 1.165) is 4.31 Å². The molecule has 2 N–H and O–H groups in total. The van der Waals surface area contributed by atoms with Crippen LogP contribution >= 0.6 is 11.6 Å². The lowest BCUT2D eigenvalue weighted by Crippen LogP contribution is -2.23. The van der Waals surface area contributed by atoms with Crippen molar-refractivity contribution >= 4 is 44.8 Å². The molecule has 0 bridgehead atoms. The van der Waals surface area contributed by atoms with Gasteiger partial charge in [0, 0.05) is 31.9 Å². The number of sulfonamides is 1. The molecule has 9 heteroatoms. The number of benzene rings is 2. The highest BCUT2D eigenvalue weighted by Crippen LogP contribution is 2.23. The molecule has 2 amide bonds. The van der Waals surface area contributed by atoms with E-state index in [-0.39, 0.29) is 27.3 Å². The Kier molecular flexibility index (Phi) is 7.40. The van der Waals surface area contributed by atoms with Gasteiger partial charge in [-0.05, 0) is 48.4 Å². The van der Waals surface area contributed by atoms with Gasteiger partial charge >= 0.3 is 0 Å². The van der Waals surface area contributed by atoms with Crippen molar-refractivity contribution in [2.45, 2.75) is 25.2 Å². The molecule has 29 heavy (non-hydrogen) atoms. The highest BCUT2D eigenvalue weighted by molar-refractivity contribution is 7.89. The number of rotatable bonds is 7. The van der Waals surface area contributed by atoms with Crippen LogP contribution in [0.4, 0.5) is 11.4 Å². The second-order valence-corrected chi connectivity index (χ2v) is 9.67. The molecular weight excluding hydrogens is 414 g/mol. The van der Waals surface area contributed by atoms with Gasteiger partial charge in [-0.15, -0.1) is 0 Å². The van der Waals surface area contributed by atoms with Gasteiger partial charge in [0.1, 0.15) is 0 Å². The molecule has 0 aliphatic carbocycles. The molecule has 2 aromatic carbocycles. The third-order valence-corrected chi connectivity index (χ3v) is 6.12. The van der Waals surface area contributed by atoms with E-state index in [0.29, 0.717) is 17.8 Å². The zero-order valence-electron chi connectivity index (χ0n) is 16.7. The SMILES string of the molecule is CC(C)CC(=O)Nc1ccc(NC(=O)c2cc(S(=O)(=O)N(C)C)ccc2Cl)cc1. The molecule has 0 fully saturated rings. The van der Waals surface area contributed by atoms with Crippen molar-refractivity contribution in [1.82, 2.24) is 4.31 Å². The van der Waals surface area contributed by atoms with Crippen LogP contribution in [0, 0.1) is 5.92 Å². The van der Waals surface area contributed by atoms with E-state index in [1.807, 2.05) is 13.8 Å². The largest absolute Gasteiger partial charge is 0.326 e. The third-order valence-electron chi connectivity index (χ3n) is 3.98. The molecule has 2 rings (SSSR count). The maximum absolute atomic E-state index is 12.6. The number of hydrogen-bond acceptors (Lipinski definition) is 4. The Bertz CT molecular complexity index is 1000. The number of nitrogens with one attached hydrogen (secondary N) is 2. The third kappa shape index (κ3) is 6.03. The molecule has 0 unspecified atom stereocenters. The Labute approximate surface area is 176 Å². The van der Waals surface area contributed by atoms with Crippen LogP contribution in [0.15, 0.2) is 47.4 Å². The molecule has 0 saturated carbocycles. The maximum Gasteiger partial charge on any atom is 0.257 e. The smallest absolute Gasteiger partial charge is 0.257 e. The van der Waals surface area contributed by atoms with Gasteiger partial charge in [-0.3, -0.25) is 9.59 Å². The van der Waals surface area contributed by atoms with Gasteiger partial charge in [0.25, 0.3) is 5.91 Å². The van der Waals surface area contributed by atoms with Gasteiger partial charge in [0.2, 0.25) is 15.9 Å². The number of halogens is 1. The maximum atomic E-state index is 12.6. The molecular formula is C20H24ClN3O4S. The Morgan fingerprint density at radius 2 is 1.55 bits per heavy atom. The first-order valence-corrected chi connectivity index (χ1v) is 10.8. The summed E-state index contributed by atoms with van der Waals surface area (Å²) in [4.78, 5) is 24.4. The molecule has 7 nitrogen and oxygen atoms in total. The fourth-order valence-corrected chi connectivity index (χ4v) is 3.60.